The van der Waals surface area contributed by atoms with E-state index < -0.39 is 36.0 Å². The van der Waals surface area contributed by atoms with E-state index in [1.807, 2.05) is 0 Å². The predicted octanol–water partition coefficient (Wildman–Crippen LogP) is 4.15. The van der Waals surface area contributed by atoms with Crippen molar-refractivity contribution < 1.29 is 32.2 Å². The van der Waals surface area contributed by atoms with Crippen LogP contribution in [0.3, 0.4) is 0 Å². The molecule has 1 aliphatic heterocycles. The molecule has 0 aliphatic carbocycles. The number of hydrogen-bond acceptors (Lipinski definition) is 5. The third kappa shape index (κ3) is 8.06. The van der Waals surface area contributed by atoms with Gasteiger partial charge in [-0.1, -0.05) is 31.9 Å². The van der Waals surface area contributed by atoms with E-state index in [0.717, 1.165) is 37.0 Å². The smallest absolute Gasteiger partial charge is 0.416 e. The van der Waals surface area contributed by atoms with Crippen molar-refractivity contribution in [3.05, 3.63) is 35.4 Å². The lowest BCUT2D eigenvalue weighted by molar-refractivity contribution is -0.159. The minimum atomic E-state index is -4.37. The molecule has 0 saturated carbocycles. The second-order valence-electron chi connectivity index (χ2n) is 7.49. The minimum Gasteiger partial charge on any atom is -0.459 e. The summed E-state index contributed by atoms with van der Waals surface area (Å²) >= 11 is 0. The van der Waals surface area contributed by atoms with Crippen LogP contribution < -0.4 is 5.73 Å². The number of carbonyl (C=O) groups excluding carboxylic acids is 1. The number of cyclic esters (lactones) is 1. The molecule has 0 amide bonds. The van der Waals surface area contributed by atoms with E-state index in [1.165, 1.54) is 12.1 Å². The van der Waals surface area contributed by atoms with Gasteiger partial charge in [0.25, 0.3) is 0 Å². The highest BCUT2D eigenvalue weighted by molar-refractivity contribution is 5.85. The van der Waals surface area contributed by atoms with Gasteiger partial charge in [0.2, 0.25) is 0 Å². The van der Waals surface area contributed by atoms with Gasteiger partial charge in [0.05, 0.1) is 24.9 Å². The molecule has 0 radical (unpaired) electrons. The molecule has 0 unspecified atom stereocenters. The van der Waals surface area contributed by atoms with Crippen LogP contribution in [0.2, 0.25) is 0 Å². The second kappa shape index (κ2) is 12.5. The molecular formula is C21H31ClF3NO4. The lowest BCUT2D eigenvalue weighted by atomic mass is 9.91. The predicted molar refractivity (Wildman–Crippen MR) is 109 cm³/mol. The molecule has 1 aliphatic rings. The van der Waals surface area contributed by atoms with E-state index in [2.05, 4.69) is 6.92 Å². The van der Waals surface area contributed by atoms with Crippen LogP contribution >= 0.6 is 12.4 Å². The number of rotatable bonds is 7. The third-order valence-electron chi connectivity index (χ3n) is 5.00. The number of unbranched alkanes of at least 4 members (excludes halogenated alkanes) is 2. The zero-order chi connectivity index (χ0) is 21.4. The van der Waals surface area contributed by atoms with Gasteiger partial charge in [-0.25, -0.2) is 0 Å². The van der Waals surface area contributed by atoms with Gasteiger partial charge in [-0.05, 0) is 37.5 Å². The molecule has 9 heteroatoms. The number of alkyl halides is 3. The molecule has 0 aromatic heterocycles. The van der Waals surface area contributed by atoms with Crippen LogP contribution in [-0.4, -0.2) is 44.0 Å². The fourth-order valence-electron chi connectivity index (χ4n) is 3.38. The van der Waals surface area contributed by atoms with Gasteiger partial charge in [0.1, 0.15) is 12.1 Å². The normalized spacial score (nSPS) is 25.5. The van der Waals surface area contributed by atoms with Crippen molar-refractivity contribution in [1.82, 2.24) is 0 Å². The Morgan fingerprint density at radius 3 is 2.43 bits per heavy atom. The maximum Gasteiger partial charge on any atom is 0.416 e. The van der Waals surface area contributed by atoms with Crippen molar-refractivity contribution in [2.24, 2.45) is 11.7 Å². The molecule has 0 bridgehead atoms. The van der Waals surface area contributed by atoms with Crippen molar-refractivity contribution >= 4 is 18.4 Å². The zero-order valence-corrected chi connectivity index (χ0v) is 18.1. The Balaban J connectivity index is 0.00000450. The Bertz CT molecular complexity index is 642. The average molecular weight is 454 g/mol. The molecule has 2 rings (SSSR count). The van der Waals surface area contributed by atoms with Gasteiger partial charge in [0, 0.05) is 12.5 Å². The first kappa shape index (κ1) is 26.7. The Morgan fingerprint density at radius 1 is 1.17 bits per heavy atom. The Morgan fingerprint density at radius 2 is 1.83 bits per heavy atom. The number of hydrogen-bond donors (Lipinski definition) is 1. The number of benzene rings is 1. The van der Waals surface area contributed by atoms with Gasteiger partial charge < -0.3 is 19.9 Å². The standard InChI is InChI=1S/C21H30F3NO4.ClH/c1-3-4-5-10-28-19-14(2)29-20(26)18(25)13-27-12-16(19)11-15-6-8-17(9-7-15)21(22,23)24;/h6-9,14,16,18-19H,3-5,10-13,25H2,1-2H3;1H/t14-,16-,18-,19-;/m0./s1. The van der Waals surface area contributed by atoms with Crippen molar-refractivity contribution in [3.63, 3.8) is 0 Å². The van der Waals surface area contributed by atoms with Crippen molar-refractivity contribution in [3.8, 4) is 0 Å². The molecule has 172 valence electrons. The van der Waals surface area contributed by atoms with E-state index in [-0.39, 0.29) is 31.5 Å². The lowest BCUT2D eigenvalue weighted by Crippen LogP contribution is -2.42. The van der Waals surface area contributed by atoms with Crippen LogP contribution in [0.5, 0.6) is 0 Å². The van der Waals surface area contributed by atoms with Gasteiger partial charge in [-0.3, -0.25) is 4.79 Å². The molecule has 4 atom stereocenters. The van der Waals surface area contributed by atoms with Gasteiger partial charge >= 0.3 is 12.1 Å². The molecule has 1 fully saturated rings. The summed E-state index contributed by atoms with van der Waals surface area (Å²) in [5, 5.41) is 0. The van der Waals surface area contributed by atoms with Crippen LogP contribution in [0.1, 0.15) is 44.2 Å². The molecule has 0 spiro atoms. The number of ether oxygens (including phenoxy) is 3. The highest BCUT2D eigenvalue weighted by atomic mass is 35.5. The summed E-state index contributed by atoms with van der Waals surface area (Å²) in [6.45, 7) is 4.65. The van der Waals surface area contributed by atoms with Crippen LogP contribution in [0.4, 0.5) is 13.2 Å². The fourth-order valence-corrected chi connectivity index (χ4v) is 3.38. The first-order chi connectivity index (χ1) is 13.7. The quantitative estimate of drug-likeness (QED) is 0.496. The monoisotopic (exact) mass is 453 g/mol. The highest BCUT2D eigenvalue weighted by Gasteiger charge is 2.34. The molecule has 2 N–H and O–H groups in total. The van der Waals surface area contributed by atoms with E-state index in [9.17, 15) is 18.0 Å². The Hall–Kier alpha value is -1.35. The Kier molecular flexibility index (Phi) is 11.1. The molecule has 1 heterocycles. The summed E-state index contributed by atoms with van der Waals surface area (Å²) < 4.78 is 55.6. The zero-order valence-electron chi connectivity index (χ0n) is 17.3. The van der Waals surface area contributed by atoms with Gasteiger partial charge in [0.15, 0.2) is 0 Å². The highest BCUT2D eigenvalue weighted by Crippen LogP contribution is 2.30. The van der Waals surface area contributed by atoms with Crippen molar-refractivity contribution in [1.29, 1.82) is 0 Å². The van der Waals surface area contributed by atoms with Crippen LogP contribution in [-0.2, 0) is 31.6 Å². The lowest BCUT2D eigenvalue weighted by Gasteiger charge is -2.31. The summed E-state index contributed by atoms with van der Waals surface area (Å²) in [7, 11) is 0. The van der Waals surface area contributed by atoms with Crippen LogP contribution in [0.25, 0.3) is 0 Å². The minimum absolute atomic E-state index is 0. The Labute approximate surface area is 181 Å². The molecular weight excluding hydrogens is 423 g/mol. The average Bonchev–Trinajstić information content (AvgIpc) is 2.70. The summed E-state index contributed by atoms with van der Waals surface area (Å²) in [6.07, 6.45) is -1.98. The largest absolute Gasteiger partial charge is 0.459 e. The summed E-state index contributed by atoms with van der Waals surface area (Å²) in [5.41, 5.74) is 5.82. The molecule has 5 nitrogen and oxygen atoms in total. The maximum atomic E-state index is 12.8. The molecule has 1 aromatic carbocycles. The maximum absolute atomic E-state index is 12.8. The topological polar surface area (TPSA) is 70.8 Å². The second-order valence-corrected chi connectivity index (χ2v) is 7.49. The number of nitrogens with two attached hydrogens (primary N) is 1. The summed E-state index contributed by atoms with van der Waals surface area (Å²) in [5.74, 6) is -0.740. The van der Waals surface area contributed by atoms with Crippen LogP contribution in [0, 0.1) is 5.92 Å². The van der Waals surface area contributed by atoms with E-state index in [4.69, 9.17) is 19.9 Å². The SMILES string of the molecule is CCCCCO[C@@H]1[C@@H](Cc2ccc(C(F)(F)F)cc2)COC[C@H](N)C(=O)O[C@H]1C.Cl. The number of halogens is 4. The first-order valence-corrected chi connectivity index (χ1v) is 10.0. The van der Waals surface area contributed by atoms with Crippen molar-refractivity contribution in [2.75, 3.05) is 19.8 Å². The van der Waals surface area contributed by atoms with Crippen LogP contribution in [0.15, 0.2) is 24.3 Å². The molecule has 30 heavy (non-hydrogen) atoms. The number of esters is 1. The van der Waals surface area contributed by atoms with Gasteiger partial charge in [-0.2, -0.15) is 13.2 Å². The summed E-state index contributed by atoms with van der Waals surface area (Å²) in [4.78, 5) is 12.1. The molecule has 1 aromatic rings. The van der Waals surface area contributed by atoms with Gasteiger partial charge in [-0.15, -0.1) is 12.4 Å². The van der Waals surface area contributed by atoms with E-state index in [1.54, 1.807) is 6.92 Å². The van der Waals surface area contributed by atoms with E-state index >= 15 is 0 Å². The third-order valence-corrected chi connectivity index (χ3v) is 5.00. The fraction of sp³-hybridized carbons (Fsp3) is 0.667. The molecule has 1 saturated heterocycles. The first-order valence-electron chi connectivity index (χ1n) is 10.0. The van der Waals surface area contributed by atoms with E-state index in [0.29, 0.717) is 13.0 Å². The number of carbonyl (C=O) groups is 1. The summed E-state index contributed by atoms with van der Waals surface area (Å²) in [6, 6.07) is 4.20. The van der Waals surface area contributed by atoms with Crippen molar-refractivity contribution in [2.45, 2.75) is 64.0 Å².